The predicted molar refractivity (Wildman–Crippen MR) is 98.1 cm³/mol. The molecule has 0 saturated heterocycles. The fourth-order valence-electron chi connectivity index (χ4n) is 2.56. The van der Waals surface area contributed by atoms with E-state index >= 15 is 0 Å². The average molecular weight is 333 g/mol. The molecule has 4 heteroatoms. The molecular formula is C21H19NO3. The van der Waals surface area contributed by atoms with Crippen molar-refractivity contribution in [3.05, 3.63) is 90.0 Å². The van der Waals surface area contributed by atoms with Crippen LogP contribution in [0.25, 0.3) is 0 Å². The van der Waals surface area contributed by atoms with Gasteiger partial charge in [0.2, 0.25) is 0 Å². The van der Waals surface area contributed by atoms with E-state index in [9.17, 15) is 9.90 Å². The zero-order valence-electron chi connectivity index (χ0n) is 13.9. The summed E-state index contributed by atoms with van der Waals surface area (Å²) >= 11 is 0. The first-order chi connectivity index (χ1) is 12.2. The van der Waals surface area contributed by atoms with Gasteiger partial charge < -0.3 is 14.7 Å². The molecule has 0 aliphatic rings. The Morgan fingerprint density at radius 2 is 1.56 bits per heavy atom. The van der Waals surface area contributed by atoms with Crippen LogP contribution in [-0.4, -0.2) is 18.1 Å². The molecule has 0 atom stereocenters. The molecule has 0 unspecified atom stereocenters. The number of phenolic OH excluding ortho intramolecular Hbond substituents is 1. The molecule has 3 rings (SSSR count). The lowest BCUT2D eigenvalue weighted by atomic mass is 10.1. The predicted octanol–water partition coefficient (Wildman–Crippen LogP) is 4.25. The molecule has 126 valence electrons. The Labute approximate surface area is 146 Å². The Balaban J connectivity index is 1.94. The summed E-state index contributed by atoms with van der Waals surface area (Å²) in [5.74, 6) is 0.855. The van der Waals surface area contributed by atoms with E-state index in [-0.39, 0.29) is 11.7 Å². The first-order valence-electron chi connectivity index (χ1n) is 7.96. The minimum absolute atomic E-state index is 0.0844. The second-order valence-electron chi connectivity index (χ2n) is 5.62. The summed E-state index contributed by atoms with van der Waals surface area (Å²) in [5, 5.41) is 9.46. The van der Waals surface area contributed by atoms with Gasteiger partial charge in [-0.2, -0.15) is 0 Å². The lowest BCUT2D eigenvalue weighted by molar-refractivity contribution is 0.0985. The zero-order valence-corrected chi connectivity index (χ0v) is 13.9. The SMILES string of the molecule is COc1ccc(N(Cc2ccc(O)cc2)C(=O)c2ccccc2)cc1. The van der Waals surface area contributed by atoms with Crippen molar-refractivity contribution >= 4 is 11.6 Å². The molecule has 0 radical (unpaired) electrons. The number of hydrogen-bond acceptors (Lipinski definition) is 3. The number of nitrogens with zero attached hydrogens (tertiary/aromatic N) is 1. The van der Waals surface area contributed by atoms with Crippen LogP contribution in [0.1, 0.15) is 15.9 Å². The second kappa shape index (κ2) is 7.53. The molecular weight excluding hydrogens is 314 g/mol. The molecule has 0 aromatic heterocycles. The maximum absolute atomic E-state index is 13.0. The van der Waals surface area contributed by atoms with Crippen molar-refractivity contribution in [3.63, 3.8) is 0 Å². The quantitative estimate of drug-likeness (QED) is 0.759. The van der Waals surface area contributed by atoms with Crippen LogP contribution in [0.2, 0.25) is 0 Å². The van der Waals surface area contributed by atoms with Crippen molar-refractivity contribution in [2.24, 2.45) is 0 Å². The number of benzene rings is 3. The van der Waals surface area contributed by atoms with E-state index in [0.29, 0.717) is 12.1 Å². The van der Waals surface area contributed by atoms with Crippen LogP contribution < -0.4 is 9.64 Å². The third-order valence-electron chi connectivity index (χ3n) is 3.93. The van der Waals surface area contributed by atoms with Crippen molar-refractivity contribution in [1.82, 2.24) is 0 Å². The maximum atomic E-state index is 13.0. The highest BCUT2D eigenvalue weighted by Gasteiger charge is 2.18. The third-order valence-corrected chi connectivity index (χ3v) is 3.93. The average Bonchev–Trinajstić information content (AvgIpc) is 2.68. The van der Waals surface area contributed by atoms with Crippen LogP contribution in [0.4, 0.5) is 5.69 Å². The summed E-state index contributed by atoms with van der Waals surface area (Å²) in [4.78, 5) is 14.7. The molecule has 1 N–H and O–H groups in total. The van der Waals surface area contributed by atoms with E-state index < -0.39 is 0 Å². The lowest BCUT2D eigenvalue weighted by Gasteiger charge is -2.23. The molecule has 0 fully saturated rings. The maximum Gasteiger partial charge on any atom is 0.258 e. The van der Waals surface area contributed by atoms with Gasteiger partial charge in [0.15, 0.2) is 0 Å². The van der Waals surface area contributed by atoms with Gasteiger partial charge in [0, 0.05) is 11.3 Å². The lowest BCUT2D eigenvalue weighted by Crippen LogP contribution is -2.30. The number of carbonyl (C=O) groups is 1. The van der Waals surface area contributed by atoms with Crippen molar-refractivity contribution < 1.29 is 14.6 Å². The van der Waals surface area contributed by atoms with E-state index in [4.69, 9.17) is 4.74 Å². The third kappa shape index (κ3) is 3.98. The minimum Gasteiger partial charge on any atom is -0.508 e. The smallest absolute Gasteiger partial charge is 0.258 e. The monoisotopic (exact) mass is 333 g/mol. The molecule has 25 heavy (non-hydrogen) atoms. The van der Waals surface area contributed by atoms with E-state index in [0.717, 1.165) is 17.0 Å². The highest BCUT2D eigenvalue weighted by atomic mass is 16.5. The number of anilines is 1. The van der Waals surface area contributed by atoms with E-state index in [2.05, 4.69) is 0 Å². The van der Waals surface area contributed by atoms with Gasteiger partial charge in [-0.3, -0.25) is 4.79 Å². The molecule has 0 heterocycles. The van der Waals surface area contributed by atoms with Crippen molar-refractivity contribution in [1.29, 1.82) is 0 Å². The highest BCUT2D eigenvalue weighted by Crippen LogP contribution is 2.24. The number of methoxy groups -OCH3 is 1. The number of hydrogen-bond donors (Lipinski definition) is 1. The summed E-state index contributed by atoms with van der Waals surface area (Å²) in [6, 6.07) is 23.4. The van der Waals surface area contributed by atoms with Crippen LogP contribution in [0.5, 0.6) is 11.5 Å². The van der Waals surface area contributed by atoms with E-state index in [1.165, 1.54) is 0 Å². The summed E-state index contributed by atoms with van der Waals surface area (Å²) in [6.45, 7) is 0.403. The Kier molecular flexibility index (Phi) is 5.00. The first kappa shape index (κ1) is 16.6. The molecule has 0 aliphatic carbocycles. The van der Waals surface area contributed by atoms with Crippen LogP contribution in [0, 0.1) is 0 Å². The first-order valence-corrected chi connectivity index (χ1v) is 7.96. The molecule has 0 saturated carbocycles. The second-order valence-corrected chi connectivity index (χ2v) is 5.62. The van der Waals surface area contributed by atoms with Gasteiger partial charge in [0.25, 0.3) is 5.91 Å². The van der Waals surface area contributed by atoms with E-state index in [1.807, 2.05) is 54.6 Å². The molecule has 0 spiro atoms. The number of aromatic hydroxyl groups is 1. The summed E-state index contributed by atoms with van der Waals surface area (Å²) in [6.07, 6.45) is 0. The summed E-state index contributed by atoms with van der Waals surface area (Å²) in [7, 11) is 1.61. The van der Waals surface area contributed by atoms with Gasteiger partial charge >= 0.3 is 0 Å². The Hall–Kier alpha value is -3.27. The van der Waals surface area contributed by atoms with Crippen molar-refractivity contribution in [2.75, 3.05) is 12.0 Å². The largest absolute Gasteiger partial charge is 0.508 e. The van der Waals surface area contributed by atoms with E-state index in [1.54, 1.807) is 36.3 Å². The Morgan fingerprint density at radius 3 is 2.16 bits per heavy atom. The number of phenols is 1. The molecule has 0 aliphatic heterocycles. The van der Waals surface area contributed by atoms with Crippen LogP contribution in [-0.2, 0) is 6.54 Å². The molecule has 0 bridgehead atoms. The Bertz CT molecular complexity index is 827. The molecule has 3 aromatic carbocycles. The van der Waals surface area contributed by atoms with Gasteiger partial charge in [-0.15, -0.1) is 0 Å². The topological polar surface area (TPSA) is 49.8 Å². The summed E-state index contributed by atoms with van der Waals surface area (Å²) in [5.41, 5.74) is 2.33. The van der Waals surface area contributed by atoms with Gasteiger partial charge in [0.05, 0.1) is 13.7 Å². The van der Waals surface area contributed by atoms with Gasteiger partial charge in [0.1, 0.15) is 11.5 Å². The van der Waals surface area contributed by atoms with Crippen LogP contribution in [0.3, 0.4) is 0 Å². The normalized spacial score (nSPS) is 10.3. The number of carbonyl (C=O) groups excluding carboxylic acids is 1. The number of rotatable bonds is 5. The van der Waals surface area contributed by atoms with Crippen LogP contribution >= 0.6 is 0 Å². The van der Waals surface area contributed by atoms with Gasteiger partial charge in [-0.05, 0) is 54.1 Å². The fourth-order valence-corrected chi connectivity index (χ4v) is 2.56. The van der Waals surface area contributed by atoms with Crippen molar-refractivity contribution in [3.8, 4) is 11.5 Å². The standard InChI is InChI=1S/C21H19NO3/c1-25-20-13-9-18(10-14-20)22(15-16-7-11-19(23)12-8-16)21(24)17-5-3-2-4-6-17/h2-14,23H,15H2,1H3. The molecule has 1 amide bonds. The number of amides is 1. The van der Waals surface area contributed by atoms with Crippen molar-refractivity contribution in [2.45, 2.75) is 6.54 Å². The fraction of sp³-hybridized carbons (Fsp3) is 0.0952. The Morgan fingerprint density at radius 1 is 0.920 bits per heavy atom. The molecule has 4 nitrogen and oxygen atoms in total. The van der Waals surface area contributed by atoms with Crippen LogP contribution in [0.15, 0.2) is 78.9 Å². The number of ether oxygens (including phenoxy) is 1. The minimum atomic E-state index is -0.0844. The zero-order chi connectivity index (χ0) is 17.6. The molecule has 3 aromatic rings. The highest BCUT2D eigenvalue weighted by molar-refractivity contribution is 6.06. The summed E-state index contributed by atoms with van der Waals surface area (Å²) < 4.78 is 5.19. The van der Waals surface area contributed by atoms with Gasteiger partial charge in [-0.1, -0.05) is 30.3 Å². The van der Waals surface area contributed by atoms with Gasteiger partial charge in [-0.25, -0.2) is 0 Å².